The molecule has 3 rings (SSSR count). The van der Waals surface area contributed by atoms with Crippen molar-refractivity contribution in [1.82, 2.24) is 5.32 Å². The van der Waals surface area contributed by atoms with Crippen LogP contribution in [0.25, 0.3) is 10.8 Å². The highest BCUT2D eigenvalue weighted by atomic mass is 16.5. The Balaban J connectivity index is 1.53. The number of ether oxygens (including phenoxy) is 1. The highest BCUT2D eigenvalue weighted by Gasteiger charge is 2.09. The molecule has 0 saturated heterocycles. The summed E-state index contributed by atoms with van der Waals surface area (Å²) in [5.74, 6) is -0.0268. The zero-order valence-corrected chi connectivity index (χ0v) is 13.9. The molecule has 3 aromatic carbocycles. The van der Waals surface area contributed by atoms with Gasteiger partial charge in [0.1, 0.15) is 11.5 Å². The van der Waals surface area contributed by atoms with E-state index in [0.29, 0.717) is 16.8 Å². The Hall–Kier alpha value is -3.54. The lowest BCUT2D eigenvalue weighted by Gasteiger charge is -2.10. The molecule has 26 heavy (non-hydrogen) atoms. The fourth-order valence-corrected chi connectivity index (χ4v) is 2.49. The van der Waals surface area contributed by atoms with Crippen molar-refractivity contribution in [2.75, 3.05) is 18.5 Å². The number of phenolic OH excluding ortho intramolecular Hbond substituents is 1. The number of rotatable bonds is 6. The van der Waals surface area contributed by atoms with Gasteiger partial charge in [0.2, 0.25) is 5.91 Å². The van der Waals surface area contributed by atoms with Crippen molar-refractivity contribution >= 4 is 28.3 Å². The van der Waals surface area contributed by atoms with E-state index in [-0.39, 0.29) is 30.7 Å². The number of phenols is 1. The second-order valence-corrected chi connectivity index (χ2v) is 5.60. The lowest BCUT2D eigenvalue weighted by molar-refractivity contribution is -0.125. The van der Waals surface area contributed by atoms with E-state index in [1.54, 1.807) is 48.5 Å². The van der Waals surface area contributed by atoms with E-state index in [2.05, 4.69) is 10.6 Å². The Morgan fingerprint density at radius 1 is 0.846 bits per heavy atom. The molecule has 0 aliphatic rings. The maximum atomic E-state index is 12.1. The fourth-order valence-electron chi connectivity index (χ4n) is 2.49. The number of hydrogen-bond acceptors (Lipinski definition) is 4. The molecule has 3 N–H and O–H groups in total. The highest BCUT2D eigenvalue weighted by Crippen LogP contribution is 2.29. The third-order valence-corrected chi connectivity index (χ3v) is 3.73. The van der Waals surface area contributed by atoms with Gasteiger partial charge in [0.25, 0.3) is 5.91 Å². The number of carbonyl (C=O) groups is 2. The highest BCUT2D eigenvalue weighted by molar-refractivity contribution is 6.04. The standard InChI is InChI=1S/C20H18N2O4/c23-18-11-5-8-15-16(18)9-4-10-17(15)22-19(24)12-21-20(25)13-26-14-6-2-1-3-7-14/h1-11,23H,12-13H2,(H,21,25)(H,22,24). The molecule has 0 fully saturated rings. The minimum atomic E-state index is -0.389. The minimum absolute atomic E-state index is 0.143. The quantitative estimate of drug-likeness (QED) is 0.638. The van der Waals surface area contributed by atoms with Gasteiger partial charge in [-0.25, -0.2) is 0 Å². The number of anilines is 1. The van der Waals surface area contributed by atoms with Crippen LogP contribution in [0.15, 0.2) is 66.7 Å². The van der Waals surface area contributed by atoms with Gasteiger partial charge in [-0.3, -0.25) is 9.59 Å². The van der Waals surface area contributed by atoms with Crippen LogP contribution in [0, 0.1) is 0 Å². The number of nitrogens with one attached hydrogen (secondary N) is 2. The molecule has 0 bridgehead atoms. The first-order valence-electron chi connectivity index (χ1n) is 8.08. The Morgan fingerprint density at radius 2 is 1.58 bits per heavy atom. The fraction of sp³-hybridized carbons (Fsp3) is 0.100. The summed E-state index contributed by atoms with van der Waals surface area (Å²) < 4.78 is 5.32. The molecule has 0 aliphatic heterocycles. The third-order valence-electron chi connectivity index (χ3n) is 3.73. The molecule has 0 aromatic heterocycles. The monoisotopic (exact) mass is 350 g/mol. The molecule has 6 nitrogen and oxygen atoms in total. The molecule has 2 amide bonds. The van der Waals surface area contributed by atoms with Gasteiger partial charge in [-0.15, -0.1) is 0 Å². The first kappa shape index (κ1) is 17.3. The van der Waals surface area contributed by atoms with Crippen LogP contribution in [0.5, 0.6) is 11.5 Å². The average molecular weight is 350 g/mol. The SMILES string of the molecule is O=C(COc1ccccc1)NCC(=O)Nc1cccc2c(O)cccc12. The van der Waals surface area contributed by atoms with Gasteiger partial charge >= 0.3 is 0 Å². The van der Waals surface area contributed by atoms with E-state index < -0.39 is 0 Å². The summed E-state index contributed by atoms with van der Waals surface area (Å²) in [6, 6.07) is 19.3. The summed E-state index contributed by atoms with van der Waals surface area (Å²) in [5.41, 5.74) is 0.568. The number of amides is 2. The van der Waals surface area contributed by atoms with E-state index >= 15 is 0 Å². The molecule has 0 heterocycles. The third kappa shape index (κ3) is 4.30. The molecular weight excluding hydrogens is 332 g/mol. The number of carbonyl (C=O) groups excluding carboxylic acids is 2. The normalized spacial score (nSPS) is 10.3. The van der Waals surface area contributed by atoms with Crippen molar-refractivity contribution in [3.8, 4) is 11.5 Å². The lowest BCUT2D eigenvalue weighted by atomic mass is 10.1. The predicted molar refractivity (Wildman–Crippen MR) is 99.2 cm³/mol. The predicted octanol–water partition coefficient (Wildman–Crippen LogP) is 2.68. The summed E-state index contributed by atoms with van der Waals surface area (Å²) in [4.78, 5) is 23.9. The number of fused-ring (bicyclic) bond motifs is 1. The van der Waals surface area contributed by atoms with Gasteiger partial charge in [-0.1, -0.05) is 42.5 Å². The Labute approximate surface area is 150 Å². The van der Waals surface area contributed by atoms with Crippen molar-refractivity contribution < 1.29 is 19.4 Å². The summed E-state index contributed by atoms with van der Waals surface area (Å²) in [6.45, 7) is -0.342. The molecule has 0 radical (unpaired) electrons. The lowest BCUT2D eigenvalue weighted by Crippen LogP contribution is -2.35. The molecule has 3 aromatic rings. The smallest absolute Gasteiger partial charge is 0.258 e. The van der Waals surface area contributed by atoms with Crippen molar-refractivity contribution in [3.63, 3.8) is 0 Å². The van der Waals surface area contributed by atoms with E-state index in [0.717, 1.165) is 5.39 Å². The molecule has 132 valence electrons. The van der Waals surface area contributed by atoms with E-state index in [1.807, 2.05) is 18.2 Å². The Bertz CT molecular complexity index is 926. The van der Waals surface area contributed by atoms with Crippen LogP contribution in [0.2, 0.25) is 0 Å². The second kappa shape index (κ2) is 8.02. The molecule has 0 aliphatic carbocycles. The van der Waals surface area contributed by atoms with E-state index in [9.17, 15) is 14.7 Å². The van der Waals surface area contributed by atoms with Gasteiger partial charge in [-0.05, 0) is 24.3 Å². The first-order chi connectivity index (χ1) is 12.6. The van der Waals surface area contributed by atoms with Crippen molar-refractivity contribution in [1.29, 1.82) is 0 Å². The van der Waals surface area contributed by atoms with Crippen LogP contribution in [0.3, 0.4) is 0 Å². The number of aromatic hydroxyl groups is 1. The van der Waals surface area contributed by atoms with E-state index in [4.69, 9.17) is 4.74 Å². The van der Waals surface area contributed by atoms with Crippen molar-refractivity contribution in [2.45, 2.75) is 0 Å². The van der Waals surface area contributed by atoms with Gasteiger partial charge in [0, 0.05) is 16.5 Å². The molecule has 0 saturated carbocycles. The summed E-state index contributed by atoms with van der Waals surface area (Å²) in [6.07, 6.45) is 0. The topological polar surface area (TPSA) is 87.7 Å². The largest absolute Gasteiger partial charge is 0.507 e. The van der Waals surface area contributed by atoms with Gasteiger partial charge < -0.3 is 20.5 Å². The van der Waals surface area contributed by atoms with Crippen LogP contribution in [-0.4, -0.2) is 30.1 Å². The van der Waals surface area contributed by atoms with Crippen LogP contribution in [0.1, 0.15) is 0 Å². The molecule has 6 heteroatoms. The van der Waals surface area contributed by atoms with Crippen LogP contribution >= 0.6 is 0 Å². The van der Waals surface area contributed by atoms with Crippen molar-refractivity contribution in [2.24, 2.45) is 0 Å². The molecular formula is C20H18N2O4. The molecule has 0 atom stereocenters. The van der Waals surface area contributed by atoms with E-state index in [1.165, 1.54) is 0 Å². The van der Waals surface area contributed by atoms with Gasteiger partial charge in [0.05, 0.1) is 6.54 Å². The minimum Gasteiger partial charge on any atom is -0.507 e. The summed E-state index contributed by atoms with van der Waals surface area (Å²) in [5, 5.41) is 16.5. The van der Waals surface area contributed by atoms with Gasteiger partial charge in [0.15, 0.2) is 6.61 Å². The van der Waals surface area contributed by atoms with Crippen LogP contribution in [0.4, 0.5) is 5.69 Å². The Kier molecular flexibility index (Phi) is 5.34. The summed E-state index contributed by atoms with van der Waals surface area (Å²) >= 11 is 0. The van der Waals surface area contributed by atoms with Crippen LogP contribution < -0.4 is 15.4 Å². The average Bonchev–Trinajstić information content (AvgIpc) is 2.66. The zero-order valence-electron chi connectivity index (χ0n) is 13.9. The van der Waals surface area contributed by atoms with Gasteiger partial charge in [-0.2, -0.15) is 0 Å². The number of hydrogen-bond donors (Lipinski definition) is 3. The number of benzene rings is 3. The number of para-hydroxylation sites is 1. The van der Waals surface area contributed by atoms with Crippen LogP contribution in [-0.2, 0) is 9.59 Å². The Morgan fingerprint density at radius 3 is 2.38 bits per heavy atom. The second-order valence-electron chi connectivity index (χ2n) is 5.60. The first-order valence-corrected chi connectivity index (χ1v) is 8.08. The summed E-state index contributed by atoms with van der Waals surface area (Å²) in [7, 11) is 0. The molecule has 0 spiro atoms. The van der Waals surface area contributed by atoms with Crippen molar-refractivity contribution in [3.05, 3.63) is 66.7 Å². The maximum Gasteiger partial charge on any atom is 0.258 e. The zero-order chi connectivity index (χ0) is 18.4. The maximum absolute atomic E-state index is 12.1. The molecule has 0 unspecified atom stereocenters.